The van der Waals surface area contributed by atoms with Crippen LogP contribution in [-0.2, 0) is 6.54 Å². The van der Waals surface area contributed by atoms with Crippen LogP contribution in [0.5, 0.6) is 0 Å². The number of H-pyrrole nitrogens is 1. The first-order chi connectivity index (χ1) is 14.5. The summed E-state index contributed by atoms with van der Waals surface area (Å²) in [6.45, 7) is 9.87. The molecule has 1 aromatic carbocycles. The van der Waals surface area contributed by atoms with E-state index in [0.29, 0.717) is 17.4 Å². The molecule has 1 aliphatic rings. The van der Waals surface area contributed by atoms with Gasteiger partial charge in [-0.1, -0.05) is 30.3 Å². The Morgan fingerprint density at radius 3 is 2.57 bits per heavy atom. The minimum absolute atomic E-state index is 0.0958. The Kier molecular flexibility index (Phi) is 5.95. The van der Waals surface area contributed by atoms with Crippen LogP contribution in [0.2, 0.25) is 0 Å². The molecule has 3 heterocycles. The molecule has 1 unspecified atom stereocenters. The van der Waals surface area contributed by atoms with E-state index in [-0.39, 0.29) is 5.56 Å². The van der Waals surface area contributed by atoms with Crippen molar-refractivity contribution in [2.75, 3.05) is 24.5 Å². The summed E-state index contributed by atoms with van der Waals surface area (Å²) in [4.78, 5) is 29.0. The number of pyridine rings is 1. The number of aryl methyl sites for hydroxylation is 1. The minimum Gasteiger partial charge on any atom is -0.355 e. The van der Waals surface area contributed by atoms with Crippen LogP contribution in [0.1, 0.15) is 30.2 Å². The van der Waals surface area contributed by atoms with Gasteiger partial charge in [-0.05, 0) is 44.9 Å². The van der Waals surface area contributed by atoms with Crippen molar-refractivity contribution in [3.05, 3.63) is 75.8 Å². The van der Waals surface area contributed by atoms with Crippen molar-refractivity contribution in [1.29, 1.82) is 0 Å². The highest BCUT2D eigenvalue weighted by atomic mass is 16.1. The van der Waals surface area contributed by atoms with Crippen LogP contribution in [-0.4, -0.2) is 45.5 Å². The van der Waals surface area contributed by atoms with Gasteiger partial charge in [-0.3, -0.25) is 9.69 Å². The van der Waals surface area contributed by atoms with Crippen molar-refractivity contribution in [3.63, 3.8) is 0 Å². The topological polar surface area (TPSA) is 65.1 Å². The number of anilines is 1. The fourth-order valence-electron chi connectivity index (χ4n) is 3.88. The van der Waals surface area contributed by atoms with Gasteiger partial charge in [0.25, 0.3) is 5.56 Å². The maximum atomic E-state index is 12.1. The van der Waals surface area contributed by atoms with E-state index in [9.17, 15) is 4.79 Å². The van der Waals surface area contributed by atoms with Gasteiger partial charge in [0.15, 0.2) is 0 Å². The summed E-state index contributed by atoms with van der Waals surface area (Å²) in [7, 11) is 0. The maximum Gasteiger partial charge on any atom is 0.254 e. The summed E-state index contributed by atoms with van der Waals surface area (Å²) in [5, 5.41) is 0. The average molecular weight is 404 g/mol. The molecule has 3 aromatic rings. The van der Waals surface area contributed by atoms with E-state index in [1.165, 1.54) is 5.56 Å². The molecule has 1 atom stereocenters. The van der Waals surface area contributed by atoms with Crippen molar-refractivity contribution in [3.8, 4) is 11.4 Å². The van der Waals surface area contributed by atoms with Crippen LogP contribution in [0, 0.1) is 13.8 Å². The van der Waals surface area contributed by atoms with E-state index in [0.717, 1.165) is 49.7 Å². The Bertz CT molecular complexity index is 1050. The Labute approximate surface area is 177 Å². The van der Waals surface area contributed by atoms with Gasteiger partial charge in [0.05, 0.1) is 0 Å². The highest BCUT2D eigenvalue weighted by molar-refractivity contribution is 5.56. The maximum absolute atomic E-state index is 12.1. The first-order valence-corrected chi connectivity index (χ1v) is 10.6. The third kappa shape index (κ3) is 4.44. The third-order valence-electron chi connectivity index (χ3n) is 6.07. The summed E-state index contributed by atoms with van der Waals surface area (Å²) in [5.41, 5.74) is 3.49. The van der Waals surface area contributed by atoms with E-state index in [2.05, 4.69) is 62.0 Å². The molecule has 4 rings (SSSR count). The van der Waals surface area contributed by atoms with Gasteiger partial charge in [0, 0.05) is 55.2 Å². The molecule has 1 N–H and O–H groups in total. The van der Waals surface area contributed by atoms with Crippen LogP contribution in [0.3, 0.4) is 0 Å². The lowest BCUT2D eigenvalue weighted by atomic mass is 10.1. The summed E-state index contributed by atoms with van der Waals surface area (Å²) in [6.07, 6.45) is 2.90. The predicted molar refractivity (Wildman–Crippen MR) is 121 cm³/mol. The van der Waals surface area contributed by atoms with Gasteiger partial charge in [-0.15, -0.1) is 0 Å². The van der Waals surface area contributed by atoms with Gasteiger partial charge < -0.3 is 9.88 Å². The number of hydrogen-bond acceptors (Lipinski definition) is 5. The van der Waals surface area contributed by atoms with Gasteiger partial charge >= 0.3 is 0 Å². The SMILES string of the molecule is Cc1nc(-c2ccc(N3CCC(C)N(Cc4ccccc4)CC3)nc2)[nH]c(=O)c1C. The number of hydrogen-bond donors (Lipinski definition) is 1. The van der Waals surface area contributed by atoms with Crippen molar-refractivity contribution in [1.82, 2.24) is 19.9 Å². The Hall–Kier alpha value is -2.99. The van der Waals surface area contributed by atoms with E-state index in [1.807, 2.05) is 19.1 Å². The van der Waals surface area contributed by atoms with E-state index in [4.69, 9.17) is 0 Å². The van der Waals surface area contributed by atoms with Crippen LogP contribution in [0.15, 0.2) is 53.5 Å². The monoisotopic (exact) mass is 403 g/mol. The smallest absolute Gasteiger partial charge is 0.254 e. The Balaban J connectivity index is 1.46. The zero-order valence-corrected chi connectivity index (χ0v) is 17.9. The Morgan fingerprint density at radius 1 is 1.07 bits per heavy atom. The minimum atomic E-state index is -0.0958. The summed E-state index contributed by atoms with van der Waals surface area (Å²) in [6, 6.07) is 15.2. The van der Waals surface area contributed by atoms with Crippen LogP contribution >= 0.6 is 0 Å². The first kappa shape index (κ1) is 20.3. The van der Waals surface area contributed by atoms with Crippen molar-refractivity contribution in [2.24, 2.45) is 0 Å². The quantitative estimate of drug-likeness (QED) is 0.722. The number of nitrogens with one attached hydrogen (secondary N) is 1. The van der Waals surface area contributed by atoms with Gasteiger partial charge in [-0.2, -0.15) is 0 Å². The lowest BCUT2D eigenvalue weighted by Crippen LogP contribution is -2.34. The zero-order valence-electron chi connectivity index (χ0n) is 17.9. The largest absolute Gasteiger partial charge is 0.355 e. The molecule has 0 saturated carbocycles. The second-order valence-electron chi connectivity index (χ2n) is 8.11. The zero-order chi connectivity index (χ0) is 21.1. The summed E-state index contributed by atoms with van der Waals surface area (Å²) in [5.74, 6) is 1.54. The fraction of sp³-hybridized carbons (Fsp3) is 0.375. The van der Waals surface area contributed by atoms with E-state index < -0.39 is 0 Å². The van der Waals surface area contributed by atoms with E-state index in [1.54, 1.807) is 13.1 Å². The molecular weight excluding hydrogens is 374 g/mol. The molecule has 0 bridgehead atoms. The second kappa shape index (κ2) is 8.79. The van der Waals surface area contributed by atoms with Crippen LogP contribution < -0.4 is 10.5 Å². The molecular formula is C24H29N5O. The molecule has 0 amide bonds. The molecule has 0 aliphatic carbocycles. The second-order valence-corrected chi connectivity index (χ2v) is 8.11. The number of benzene rings is 1. The van der Waals surface area contributed by atoms with Gasteiger partial charge in [0.2, 0.25) is 0 Å². The van der Waals surface area contributed by atoms with Gasteiger partial charge in [0.1, 0.15) is 11.6 Å². The number of rotatable bonds is 4. The van der Waals surface area contributed by atoms with Crippen molar-refractivity contribution in [2.45, 2.75) is 39.8 Å². The molecule has 156 valence electrons. The molecule has 0 spiro atoms. The molecule has 1 saturated heterocycles. The standard InChI is InChI=1S/C24H29N5O/c1-17-11-12-28(13-14-29(17)16-20-7-5-4-6-8-20)22-10-9-21(15-25-22)23-26-19(3)18(2)24(30)27-23/h4-10,15,17H,11-14,16H2,1-3H3,(H,26,27,30). The summed E-state index contributed by atoms with van der Waals surface area (Å²) < 4.78 is 0. The number of aromatic amines is 1. The van der Waals surface area contributed by atoms with Crippen molar-refractivity contribution >= 4 is 5.82 Å². The highest BCUT2D eigenvalue weighted by Gasteiger charge is 2.21. The highest BCUT2D eigenvalue weighted by Crippen LogP contribution is 2.21. The average Bonchev–Trinajstić information content (AvgIpc) is 2.94. The molecule has 0 radical (unpaired) electrons. The number of nitrogens with zero attached hydrogens (tertiary/aromatic N) is 4. The Morgan fingerprint density at radius 2 is 1.87 bits per heavy atom. The van der Waals surface area contributed by atoms with Crippen molar-refractivity contribution < 1.29 is 0 Å². The van der Waals surface area contributed by atoms with Crippen LogP contribution in [0.25, 0.3) is 11.4 Å². The molecule has 1 aliphatic heterocycles. The van der Waals surface area contributed by atoms with Crippen LogP contribution in [0.4, 0.5) is 5.82 Å². The fourth-order valence-corrected chi connectivity index (χ4v) is 3.88. The lowest BCUT2D eigenvalue weighted by Gasteiger charge is -2.26. The lowest BCUT2D eigenvalue weighted by molar-refractivity contribution is 0.212. The van der Waals surface area contributed by atoms with Gasteiger partial charge in [-0.25, -0.2) is 9.97 Å². The molecule has 2 aromatic heterocycles. The molecule has 6 heteroatoms. The molecule has 1 fully saturated rings. The predicted octanol–water partition coefficient (Wildman–Crippen LogP) is 3.55. The number of aromatic nitrogens is 3. The molecule has 30 heavy (non-hydrogen) atoms. The van der Waals surface area contributed by atoms with E-state index >= 15 is 0 Å². The summed E-state index contributed by atoms with van der Waals surface area (Å²) >= 11 is 0. The normalized spacial score (nSPS) is 17.7. The molecule has 6 nitrogen and oxygen atoms in total. The third-order valence-corrected chi connectivity index (χ3v) is 6.07. The first-order valence-electron chi connectivity index (χ1n) is 10.6.